The molecular formula is C8H12. The van der Waals surface area contributed by atoms with Gasteiger partial charge in [-0.1, -0.05) is 23.3 Å². The number of rotatable bonds is 0. The Balaban J connectivity index is 0.0000000800. The number of allylic oxidation sites excluding steroid dienone is 4. The topological polar surface area (TPSA) is 0 Å². The van der Waals surface area contributed by atoms with Gasteiger partial charge in [0.25, 0.3) is 0 Å². The van der Waals surface area contributed by atoms with Crippen LogP contribution in [0.5, 0.6) is 0 Å². The van der Waals surface area contributed by atoms with Gasteiger partial charge in [-0.2, -0.15) is 0 Å². The second-order valence-corrected chi connectivity index (χ2v) is 2.51. The van der Waals surface area contributed by atoms with Crippen LogP contribution in [-0.2, 0) is 0 Å². The predicted octanol–water partition coefficient (Wildman–Crippen LogP) is 2.67. The zero-order valence-electron chi connectivity index (χ0n) is 5.57. The van der Waals surface area contributed by atoms with E-state index < -0.39 is 0 Å². The first kappa shape index (κ1) is 5.61. The van der Waals surface area contributed by atoms with Crippen molar-refractivity contribution in [2.24, 2.45) is 0 Å². The Hall–Kier alpha value is -0.520. The van der Waals surface area contributed by atoms with E-state index in [-0.39, 0.29) is 0 Å². The van der Waals surface area contributed by atoms with Crippen molar-refractivity contribution in [3.8, 4) is 0 Å². The molecule has 0 nitrogen and oxygen atoms in total. The lowest BCUT2D eigenvalue weighted by Crippen LogP contribution is -1.26. The van der Waals surface area contributed by atoms with Gasteiger partial charge in [0.15, 0.2) is 0 Å². The van der Waals surface area contributed by atoms with E-state index in [2.05, 4.69) is 26.0 Å². The summed E-state index contributed by atoms with van der Waals surface area (Å²) in [5.41, 5.74) is 3.08. The minimum Gasteiger partial charge on any atom is -0.0812 e. The summed E-state index contributed by atoms with van der Waals surface area (Å²) in [7, 11) is 0. The summed E-state index contributed by atoms with van der Waals surface area (Å²) in [4.78, 5) is 0. The van der Waals surface area contributed by atoms with Crippen LogP contribution in [0.25, 0.3) is 0 Å². The molecule has 44 valence electrons. The second-order valence-electron chi connectivity index (χ2n) is 2.51. The van der Waals surface area contributed by atoms with E-state index in [1.165, 1.54) is 12.8 Å². The summed E-state index contributed by atoms with van der Waals surface area (Å²) in [6.45, 7) is 4.28. The summed E-state index contributed by atoms with van der Waals surface area (Å²) >= 11 is 0. The number of hydrogen-bond donors (Lipinski definition) is 0. The van der Waals surface area contributed by atoms with E-state index in [9.17, 15) is 0 Å². The Labute approximate surface area is 50.9 Å². The zero-order valence-corrected chi connectivity index (χ0v) is 5.57. The molecular weight excluding hydrogens is 96.1 g/mol. The maximum Gasteiger partial charge on any atom is -0.0139 e. The average Bonchev–Trinajstić information content (AvgIpc) is 2.47. The van der Waals surface area contributed by atoms with Gasteiger partial charge in [-0.15, -0.1) is 0 Å². The molecule has 2 aliphatic rings. The summed E-state index contributed by atoms with van der Waals surface area (Å²) < 4.78 is 0. The molecule has 0 bridgehead atoms. The first-order chi connectivity index (χ1) is 3.79. The quantitative estimate of drug-likeness (QED) is 0.418. The molecule has 0 saturated carbocycles. The van der Waals surface area contributed by atoms with Crippen molar-refractivity contribution in [3.05, 3.63) is 23.3 Å². The van der Waals surface area contributed by atoms with E-state index in [4.69, 9.17) is 0 Å². The molecule has 0 heteroatoms. The summed E-state index contributed by atoms with van der Waals surface area (Å²) in [6, 6.07) is 0. The monoisotopic (exact) mass is 108 g/mol. The molecule has 0 unspecified atom stereocenters. The molecule has 8 heavy (non-hydrogen) atoms. The van der Waals surface area contributed by atoms with Gasteiger partial charge in [0, 0.05) is 0 Å². The van der Waals surface area contributed by atoms with Gasteiger partial charge >= 0.3 is 0 Å². The van der Waals surface area contributed by atoms with Crippen LogP contribution in [0.15, 0.2) is 23.3 Å². The van der Waals surface area contributed by atoms with Gasteiger partial charge < -0.3 is 0 Å². The molecule has 0 spiro atoms. The second kappa shape index (κ2) is 2.17. The molecule has 0 aromatic rings. The third kappa shape index (κ3) is 3.66. The molecule has 0 saturated heterocycles. The van der Waals surface area contributed by atoms with E-state index in [1.807, 2.05) is 0 Å². The highest BCUT2D eigenvalue weighted by molar-refractivity contribution is 5.18. The lowest BCUT2D eigenvalue weighted by molar-refractivity contribution is 1.48. The van der Waals surface area contributed by atoms with Crippen molar-refractivity contribution in [2.75, 3.05) is 0 Å². The van der Waals surface area contributed by atoms with Crippen molar-refractivity contribution in [2.45, 2.75) is 26.7 Å². The van der Waals surface area contributed by atoms with Crippen LogP contribution in [0.2, 0.25) is 0 Å². The van der Waals surface area contributed by atoms with Crippen LogP contribution in [0, 0.1) is 0 Å². The Bertz CT molecular complexity index is 120. The Morgan fingerprint density at radius 1 is 1.00 bits per heavy atom. The van der Waals surface area contributed by atoms with E-state index >= 15 is 0 Å². The third-order valence-corrected chi connectivity index (χ3v) is 1.22. The molecule has 2 rings (SSSR count). The molecule has 0 atom stereocenters. The fraction of sp³-hybridized carbons (Fsp3) is 0.500. The first-order valence-corrected chi connectivity index (χ1v) is 3.10. The van der Waals surface area contributed by atoms with Gasteiger partial charge in [0.2, 0.25) is 0 Å². The Kier molecular flexibility index (Phi) is 1.52. The molecule has 0 fully saturated rings. The highest BCUT2D eigenvalue weighted by Crippen LogP contribution is 2.14. The minimum atomic E-state index is 1.28. The van der Waals surface area contributed by atoms with Crippen LogP contribution in [-0.4, -0.2) is 0 Å². The fourth-order valence-electron chi connectivity index (χ4n) is 0.204. The first-order valence-electron chi connectivity index (χ1n) is 3.10. The molecule has 2 aliphatic carbocycles. The fourth-order valence-corrected chi connectivity index (χ4v) is 0.204. The third-order valence-electron chi connectivity index (χ3n) is 1.22. The smallest absolute Gasteiger partial charge is 0.0139 e. The highest BCUT2D eigenvalue weighted by Gasteiger charge is 1.94. The normalized spacial score (nSPS) is 19.8. The summed E-state index contributed by atoms with van der Waals surface area (Å²) in [5, 5.41) is 0. The van der Waals surface area contributed by atoms with Crippen molar-refractivity contribution < 1.29 is 0 Å². The van der Waals surface area contributed by atoms with Crippen molar-refractivity contribution in [1.82, 2.24) is 0 Å². The molecule has 0 heterocycles. The lowest BCUT2D eigenvalue weighted by Gasteiger charge is -1.47. The molecule has 0 radical (unpaired) electrons. The average molecular weight is 108 g/mol. The lowest BCUT2D eigenvalue weighted by atomic mass is 10.6. The summed E-state index contributed by atoms with van der Waals surface area (Å²) in [6.07, 6.45) is 6.97. The maximum absolute atomic E-state index is 2.21. The minimum absolute atomic E-state index is 1.28. The van der Waals surface area contributed by atoms with Crippen LogP contribution in [0.4, 0.5) is 0 Å². The Morgan fingerprint density at radius 3 is 1.12 bits per heavy atom. The number of hydrogen-bond acceptors (Lipinski definition) is 0. The van der Waals surface area contributed by atoms with Crippen molar-refractivity contribution >= 4 is 0 Å². The van der Waals surface area contributed by atoms with Crippen LogP contribution in [0.1, 0.15) is 26.7 Å². The van der Waals surface area contributed by atoms with Crippen LogP contribution in [0.3, 0.4) is 0 Å². The van der Waals surface area contributed by atoms with Gasteiger partial charge in [-0.05, 0) is 26.7 Å². The predicted molar refractivity (Wildman–Crippen MR) is 36.7 cm³/mol. The van der Waals surface area contributed by atoms with Gasteiger partial charge in [0.1, 0.15) is 0 Å². The molecule has 0 aromatic heterocycles. The Morgan fingerprint density at radius 2 is 1.12 bits per heavy atom. The highest BCUT2D eigenvalue weighted by atomic mass is 14.0. The molecule has 0 aromatic carbocycles. The largest absolute Gasteiger partial charge is 0.0812 e. The van der Waals surface area contributed by atoms with Gasteiger partial charge in [-0.25, -0.2) is 0 Å². The van der Waals surface area contributed by atoms with Crippen LogP contribution < -0.4 is 0 Å². The standard InChI is InChI=1S/2C4H6/c2*1-4-2-3-4/h2*2H,3H2,1H3. The SMILES string of the molecule is CC1=CC1.CC1=CC1. The van der Waals surface area contributed by atoms with Gasteiger partial charge in [0.05, 0.1) is 0 Å². The molecule has 0 amide bonds. The van der Waals surface area contributed by atoms with E-state index in [0.717, 1.165) is 0 Å². The van der Waals surface area contributed by atoms with E-state index in [1.54, 1.807) is 11.1 Å². The van der Waals surface area contributed by atoms with Crippen LogP contribution >= 0.6 is 0 Å². The molecule has 0 N–H and O–H groups in total. The maximum atomic E-state index is 2.21. The summed E-state index contributed by atoms with van der Waals surface area (Å²) in [5.74, 6) is 0. The van der Waals surface area contributed by atoms with Gasteiger partial charge in [-0.3, -0.25) is 0 Å². The van der Waals surface area contributed by atoms with E-state index in [0.29, 0.717) is 0 Å². The zero-order chi connectivity index (χ0) is 5.98. The van der Waals surface area contributed by atoms with Crippen molar-refractivity contribution in [1.29, 1.82) is 0 Å². The molecule has 0 aliphatic heterocycles. The van der Waals surface area contributed by atoms with Crippen molar-refractivity contribution in [3.63, 3.8) is 0 Å².